The van der Waals surface area contributed by atoms with Gasteiger partial charge in [-0.15, -0.1) is 5.11 Å². The minimum atomic E-state index is -0.469. The number of nitro benzene ring substituents is 1. The van der Waals surface area contributed by atoms with Crippen molar-refractivity contribution in [3.05, 3.63) is 57.9 Å². The van der Waals surface area contributed by atoms with Gasteiger partial charge in [-0.1, -0.05) is 0 Å². The van der Waals surface area contributed by atoms with Crippen LogP contribution in [-0.4, -0.2) is 40.1 Å². The molecule has 0 aliphatic carbocycles. The first kappa shape index (κ1) is 22.8. The van der Waals surface area contributed by atoms with Crippen LogP contribution >= 0.6 is 11.6 Å². The average molecular weight is 457 g/mol. The van der Waals surface area contributed by atoms with Crippen molar-refractivity contribution < 1.29 is 9.66 Å². The van der Waals surface area contributed by atoms with Crippen LogP contribution in [0.15, 0.2) is 52.7 Å². The summed E-state index contributed by atoms with van der Waals surface area (Å²) in [6.07, 6.45) is 0. The molecule has 0 aliphatic rings. The molecule has 166 valence electrons. The lowest BCUT2D eigenvalue weighted by atomic mass is 10.2. The Kier molecular flexibility index (Phi) is 7.45. The summed E-state index contributed by atoms with van der Waals surface area (Å²) < 4.78 is 5.05. The second kappa shape index (κ2) is 10.4. The van der Waals surface area contributed by atoms with Crippen molar-refractivity contribution in [3.8, 4) is 6.01 Å². The molecule has 0 atom stereocenters. The molecule has 1 N–H and O–H groups in total. The zero-order chi connectivity index (χ0) is 23.1. The molecular weight excluding hydrogens is 436 g/mol. The third-order valence-corrected chi connectivity index (χ3v) is 4.63. The van der Waals surface area contributed by atoms with Crippen molar-refractivity contribution in [2.24, 2.45) is 10.2 Å². The molecule has 0 saturated heterocycles. The van der Waals surface area contributed by atoms with Crippen LogP contribution in [0.25, 0.3) is 0 Å². The van der Waals surface area contributed by atoms with Crippen LogP contribution in [0.4, 0.5) is 34.4 Å². The second-order valence-corrected chi connectivity index (χ2v) is 6.73. The van der Waals surface area contributed by atoms with Crippen LogP contribution in [-0.2, 0) is 0 Å². The molecule has 3 rings (SSSR count). The topological polar surface area (TPSA) is 131 Å². The van der Waals surface area contributed by atoms with E-state index in [1.807, 2.05) is 18.2 Å². The summed E-state index contributed by atoms with van der Waals surface area (Å²) in [6.45, 7) is 5.78. The lowest BCUT2D eigenvalue weighted by Crippen LogP contribution is -2.21. The van der Waals surface area contributed by atoms with Crippen LogP contribution in [0.5, 0.6) is 6.01 Å². The first-order valence-corrected chi connectivity index (χ1v) is 10.1. The molecule has 0 aliphatic heterocycles. The summed E-state index contributed by atoms with van der Waals surface area (Å²) in [6, 6.07) is 11.5. The molecule has 0 spiro atoms. The van der Waals surface area contributed by atoms with Crippen molar-refractivity contribution in [2.75, 3.05) is 30.4 Å². The van der Waals surface area contributed by atoms with Crippen molar-refractivity contribution in [1.82, 2.24) is 15.0 Å². The predicted molar refractivity (Wildman–Crippen MR) is 122 cm³/mol. The van der Waals surface area contributed by atoms with Gasteiger partial charge in [0.1, 0.15) is 5.69 Å². The number of hydrogen-bond donors (Lipinski definition) is 1. The van der Waals surface area contributed by atoms with E-state index in [-0.39, 0.29) is 22.9 Å². The zero-order valence-corrected chi connectivity index (χ0v) is 18.4. The molecule has 1 aromatic heterocycles. The molecular formula is C20H21ClN8O3. The number of nitro groups is 1. The van der Waals surface area contributed by atoms with Gasteiger partial charge in [-0.2, -0.15) is 20.1 Å². The van der Waals surface area contributed by atoms with Gasteiger partial charge in [-0.3, -0.25) is 10.1 Å². The number of methoxy groups -OCH3 is 1. The summed E-state index contributed by atoms with van der Waals surface area (Å²) in [5.74, 6) is 0.185. The van der Waals surface area contributed by atoms with E-state index in [0.717, 1.165) is 18.8 Å². The van der Waals surface area contributed by atoms with Gasteiger partial charge in [0, 0.05) is 30.9 Å². The monoisotopic (exact) mass is 456 g/mol. The summed E-state index contributed by atoms with van der Waals surface area (Å²) in [7, 11) is 1.43. The van der Waals surface area contributed by atoms with E-state index in [2.05, 4.69) is 49.2 Å². The van der Waals surface area contributed by atoms with Crippen molar-refractivity contribution >= 4 is 46.0 Å². The molecule has 0 radical (unpaired) electrons. The summed E-state index contributed by atoms with van der Waals surface area (Å²) >= 11 is 5.96. The van der Waals surface area contributed by atoms with Gasteiger partial charge in [0.2, 0.25) is 11.2 Å². The van der Waals surface area contributed by atoms with Gasteiger partial charge in [-0.05, 0) is 55.8 Å². The Balaban J connectivity index is 1.97. The lowest BCUT2D eigenvalue weighted by molar-refractivity contribution is -0.384. The highest BCUT2D eigenvalue weighted by atomic mass is 35.5. The van der Waals surface area contributed by atoms with Crippen molar-refractivity contribution in [2.45, 2.75) is 13.8 Å². The lowest BCUT2D eigenvalue weighted by Gasteiger charge is -2.22. The number of halogens is 1. The van der Waals surface area contributed by atoms with E-state index in [1.165, 1.54) is 31.4 Å². The maximum atomic E-state index is 10.8. The van der Waals surface area contributed by atoms with Gasteiger partial charge in [-0.25, -0.2) is 0 Å². The molecule has 0 amide bonds. The van der Waals surface area contributed by atoms with Crippen LogP contribution in [0.3, 0.4) is 0 Å². The largest absolute Gasteiger partial charge is 0.467 e. The quantitative estimate of drug-likeness (QED) is 0.255. The van der Waals surface area contributed by atoms with Crippen LogP contribution in [0.1, 0.15) is 13.8 Å². The number of aromatic nitrogens is 3. The molecule has 0 saturated carbocycles. The molecule has 0 fully saturated rings. The smallest absolute Gasteiger partial charge is 0.322 e. The number of azo groups is 1. The Morgan fingerprint density at radius 2 is 1.81 bits per heavy atom. The Bertz CT molecular complexity index is 1120. The number of nitrogens with one attached hydrogen (secondary N) is 1. The SMILES string of the molecule is CCN(CC)c1ccc(N=Nc2ccc([N+](=O)[O-])cc2)c(Nc2nc(Cl)nc(OC)n2)c1. The Hall–Kier alpha value is -3.86. The normalized spacial score (nSPS) is 10.9. The van der Waals surface area contributed by atoms with Gasteiger partial charge in [0.05, 0.1) is 23.4 Å². The van der Waals surface area contributed by atoms with Crippen molar-refractivity contribution in [1.29, 1.82) is 0 Å². The van der Waals surface area contributed by atoms with E-state index in [1.54, 1.807) is 0 Å². The zero-order valence-electron chi connectivity index (χ0n) is 17.7. The fourth-order valence-electron chi connectivity index (χ4n) is 2.85. The number of rotatable bonds is 9. The summed E-state index contributed by atoms with van der Waals surface area (Å²) in [4.78, 5) is 24.6. The van der Waals surface area contributed by atoms with E-state index >= 15 is 0 Å². The first-order valence-electron chi connectivity index (χ1n) is 9.71. The Morgan fingerprint density at radius 1 is 1.09 bits per heavy atom. The number of benzene rings is 2. The third-order valence-electron chi connectivity index (χ3n) is 4.46. The number of anilines is 3. The molecule has 0 unspecified atom stereocenters. The molecule has 2 aromatic carbocycles. The Labute approximate surface area is 189 Å². The maximum Gasteiger partial charge on any atom is 0.322 e. The number of nitrogens with zero attached hydrogens (tertiary/aromatic N) is 7. The minimum Gasteiger partial charge on any atom is -0.467 e. The highest BCUT2D eigenvalue weighted by molar-refractivity contribution is 6.28. The fraction of sp³-hybridized carbons (Fsp3) is 0.250. The molecule has 32 heavy (non-hydrogen) atoms. The minimum absolute atomic E-state index is 0.0180. The van der Waals surface area contributed by atoms with E-state index in [0.29, 0.717) is 17.1 Å². The van der Waals surface area contributed by atoms with Gasteiger partial charge in [0.25, 0.3) is 5.69 Å². The number of hydrogen-bond acceptors (Lipinski definition) is 10. The molecule has 1 heterocycles. The van der Waals surface area contributed by atoms with Gasteiger partial charge in [0.15, 0.2) is 0 Å². The first-order chi connectivity index (χ1) is 15.4. The third kappa shape index (κ3) is 5.64. The molecule has 0 bridgehead atoms. The fourth-order valence-corrected chi connectivity index (χ4v) is 3.00. The van der Waals surface area contributed by atoms with Gasteiger partial charge < -0.3 is 15.0 Å². The highest BCUT2D eigenvalue weighted by Crippen LogP contribution is 2.33. The molecule has 3 aromatic rings. The average Bonchev–Trinajstić information content (AvgIpc) is 2.79. The maximum absolute atomic E-state index is 10.8. The second-order valence-electron chi connectivity index (χ2n) is 6.39. The summed E-state index contributed by atoms with van der Waals surface area (Å²) in [5.41, 5.74) is 2.52. The summed E-state index contributed by atoms with van der Waals surface area (Å²) in [5, 5.41) is 22.4. The number of ether oxygens (including phenoxy) is 1. The number of non-ortho nitro benzene ring substituents is 1. The predicted octanol–water partition coefficient (Wildman–Crippen LogP) is 5.45. The van der Waals surface area contributed by atoms with Crippen LogP contribution < -0.4 is 15.0 Å². The Morgan fingerprint density at radius 3 is 2.44 bits per heavy atom. The van der Waals surface area contributed by atoms with E-state index in [9.17, 15) is 10.1 Å². The van der Waals surface area contributed by atoms with E-state index in [4.69, 9.17) is 16.3 Å². The van der Waals surface area contributed by atoms with Crippen LogP contribution in [0.2, 0.25) is 5.28 Å². The molecule has 12 heteroatoms. The van der Waals surface area contributed by atoms with Crippen LogP contribution in [0, 0.1) is 10.1 Å². The van der Waals surface area contributed by atoms with Crippen molar-refractivity contribution in [3.63, 3.8) is 0 Å². The highest BCUT2D eigenvalue weighted by Gasteiger charge is 2.12. The molecule has 11 nitrogen and oxygen atoms in total. The standard InChI is InChI=1S/C20H21ClN8O3/c1-4-28(5-2)15-10-11-16(27-26-13-6-8-14(9-7-13)29(30)31)17(12-15)22-19-23-18(21)24-20(25-19)32-3/h6-12H,4-5H2,1-3H3,(H,22,23,24,25). The van der Waals surface area contributed by atoms with E-state index < -0.39 is 4.92 Å². The van der Waals surface area contributed by atoms with Gasteiger partial charge >= 0.3 is 6.01 Å².